The zero-order valence-corrected chi connectivity index (χ0v) is 5.80. The van der Waals surface area contributed by atoms with Crippen LogP contribution in [0, 0.1) is 0 Å². The third kappa shape index (κ3) is 1.52. The summed E-state index contributed by atoms with van der Waals surface area (Å²) in [4.78, 5) is 0. The van der Waals surface area contributed by atoms with Crippen molar-refractivity contribution in [3.63, 3.8) is 0 Å². The summed E-state index contributed by atoms with van der Waals surface area (Å²) >= 11 is 0. The molecule has 1 rings (SSSR count). The van der Waals surface area contributed by atoms with E-state index in [0.29, 0.717) is 5.89 Å². The van der Waals surface area contributed by atoms with Crippen LogP contribution in [0.4, 0.5) is 4.39 Å². The molecule has 0 unspecified atom stereocenters. The van der Waals surface area contributed by atoms with E-state index in [0.717, 1.165) is 12.8 Å². The maximum absolute atomic E-state index is 11.8. The highest BCUT2D eigenvalue weighted by molar-refractivity contribution is 4.79. The monoisotopic (exact) mass is 144 g/mol. The van der Waals surface area contributed by atoms with E-state index in [1.54, 1.807) is 0 Å². The number of halogens is 1. The molecule has 0 bridgehead atoms. The number of rotatable bonds is 3. The normalized spacial score (nSPS) is 10.2. The van der Waals surface area contributed by atoms with Gasteiger partial charge >= 0.3 is 0 Å². The molecule has 1 aromatic heterocycles. The van der Waals surface area contributed by atoms with Crippen LogP contribution < -0.4 is 0 Å². The lowest BCUT2D eigenvalue weighted by Crippen LogP contribution is -1.80. The molecule has 0 aliphatic heterocycles. The van der Waals surface area contributed by atoms with Crippen molar-refractivity contribution in [2.75, 3.05) is 0 Å². The molecule has 0 atom stereocenters. The smallest absolute Gasteiger partial charge is 0.247 e. The lowest BCUT2D eigenvalue weighted by Gasteiger charge is -1.84. The second-order valence-corrected chi connectivity index (χ2v) is 1.97. The van der Waals surface area contributed by atoms with Gasteiger partial charge in [0, 0.05) is 6.42 Å². The Balaban J connectivity index is 2.59. The van der Waals surface area contributed by atoms with E-state index >= 15 is 0 Å². The first-order chi connectivity index (χ1) is 4.86. The Hall–Kier alpha value is -0.930. The molecule has 0 aromatic carbocycles. The zero-order valence-electron chi connectivity index (χ0n) is 5.80. The fourth-order valence-corrected chi connectivity index (χ4v) is 0.657. The topological polar surface area (TPSA) is 38.9 Å². The average molecular weight is 144 g/mol. The standard InChI is InChI=1S/C6H9FN2O/c1-2-3-5-8-9-6(4-7)10-5/h2-4H2,1H3. The van der Waals surface area contributed by atoms with Crippen molar-refractivity contribution in [1.82, 2.24) is 10.2 Å². The van der Waals surface area contributed by atoms with Crippen LogP contribution >= 0.6 is 0 Å². The zero-order chi connectivity index (χ0) is 7.40. The van der Waals surface area contributed by atoms with E-state index in [9.17, 15) is 4.39 Å². The van der Waals surface area contributed by atoms with Gasteiger partial charge in [-0.1, -0.05) is 6.92 Å². The van der Waals surface area contributed by atoms with E-state index in [-0.39, 0.29) is 5.89 Å². The minimum Gasteiger partial charge on any atom is -0.422 e. The third-order valence-corrected chi connectivity index (χ3v) is 1.09. The molecule has 0 fully saturated rings. The van der Waals surface area contributed by atoms with Gasteiger partial charge in [0.1, 0.15) is 0 Å². The summed E-state index contributed by atoms with van der Waals surface area (Å²) in [5.74, 6) is 0.596. The minimum absolute atomic E-state index is 0.0726. The third-order valence-electron chi connectivity index (χ3n) is 1.09. The van der Waals surface area contributed by atoms with Gasteiger partial charge in [0.2, 0.25) is 11.8 Å². The summed E-state index contributed by atoms with van der Waals surface area (Å²) in [6.07, 6.45) is 1.67. The lowest BCUT2D eigenvalue weighted by molar-refractivity contribution is 0.364. The second kappa shape index (κ2) is 3.29. The van der Waals surface area contributed by atoms with Crippen molar-refractivity contribution in [2.24, 2.45) is 0 Å². The van der Waals surface area contributed by atoms with E-state index in [2.05, 4.69) is 10.2 Å². The Kier molecular flexibility index (Phi) is 2.36. The summed E-state index contributed by atoms with van der Waals surface area (Å²) in [6, 6.07) is 0. The average Bonchev–Trinajstić information content (AvgIpc) is 2.37. The van der Waals surface area contributed by atoms with Gasteiger partial charge < -0.3 is 4.42 Å². The molecule has 4 heteroatoms. The van der Waals surface area contributed by atoms with Crippen LogP contribution in [0.5, 0.6) is 0 Å². The molecule has 0 saturated carbocycles. The molecule has 1 heterocycles. The number of alkyl halides is 1. The van der Waals surface area contributed by atoms with Gasteiger partial charge in [-0.3, -0.25) is 0 Å². The van der Waals surface area contributed by atoms with Crippen molar-refractivity contribution in [3.05, 3.63) is 11.8 Å². The maximum atomic E-state index is 11.8. The molecule has 1 aromatic rings. The van der Waals surface area contributed by atoms with Crippen molar-refractivity contribution in [2.45, 2.75) is 26.4 Å². The Morgan fingerprint density at radius 3 is 2.60 bits per heavy atom. The molecule has 0 amide bonds. The molecule has 0 aliphatic rings. The summed E-state index contributed by atoms with van der Waals surface area (Å²) < 4.78 is 16.7. The Morgan fingerprint density at radius 2 is 2.10 bits per heavy atom. The Labute approximate surface area is 58.3 Å². The van der Waals surface area contributed by atoms with Crippen LogP contribution in [-0.2, 0) is 13.1 Å². The number of aromatic nitrogens is 2. The van der Waals surface area contributed by atoms with Crippen LogP contribution in [0.2, 0.25) is 0 Å². The highest BCUT2D eigenvalue weighted by Crippen LogP contribution is 2.02. The number of aryl methyl sites for hydroxylation is 1. The maximum Gasteiger partial charge on any atom is 0.247 e. The lowest BCUT2D eigenvalue weighted by atomic mass is 10.3. The molecule has 0 saturated heterocycles. The van der Waals surface area contributed by atoms with Crippen molar-refractivity contribution in [3.8, 4) is 0 Å². The van der Waals surface area contributed by atoms with Crippen LogP contribution in [0.15, 0.2) is 4.42 Å². The largest absolute Gasteiger partial charge is 0.422 e. The predicted octanol–water partition coefficient (Wildman–Crippen LogP) is 1.49. The molecule has 0 radical (unpaired) electrons. The van der Waals surface area contributed by atoms with Gasteiger partial charge in [0.05, 0.1) is 0 Å². The van der Waals surface area contributed by atoms with Gasteiger partial charge in [-0.2, -0.15) is 0 Å². The quantitative estimate of drug-likeness (QED) is 0.645. The second-order valence-electron chi connectivity index (χ2n) is 1.97. The number of hydrogen-bond acceptors (Lipinski definition) is 3. The van der Waals surface area contributed by atoms with E-state index in [1.807, 2.05) is 6.92 Å². The summed E-state index contributed by atoms with van der Waals surface area (Å²) in [6.45, 7) is 1.33. The predicted molar refractivity (Wildman–Crippen MR) is 33.1 cm³/mol. The van der Waals surface area contributed by atoms with Gasteiger partial charge in [0.25, 0.3) is 0 Å². The van der Waals surface area contributed by atoms with Crippen LogP contribution in [-0.4, -0.2) is 10.2 Å². The first-order valence-corrected chi connectivity index (χ1v) is 3.24. The fraction of sp³-hybridized carbons (Fsp3) is 0.667. The van der Waals surface area contributed by atoms with Crippen molar-refractivity contribution < 1.29 is 8.81 Å². The molecule has 0 N–H and O–H groups in total. The van der Waals surface area contributed by atoms with Gasteiger partial charge in [-0.25, -0.2) is 4.39 Å². The van der Waals surface area contributed by atoms with Gasteiger partial charge in [-0.15, -0.1) is 10.2 Å². The van der Waals surface area contributed by atoms with E-state index < -0.39 is 6.67 Å². The Morgan fingerprint density at radius 1 is 1.40 bits per heavy atom. The fourth-order valence-electron chi connectivity index (χ4n) is 0.657. The molecule has 10 heavy (non-hydrogen) atoms. The van der Waals surface area contributed by atoms with E-state index in [1.165, 1.54) is 0 Å². The number of hydrogen-bond donors (Lipinski definition) is 0. The summed E-state index contributed by atoms with van der Waals surface area (Å²) in [5, 5.41) is 7.08. The molecular weight excluding hydrogens is 135 g/mol. The molecule has 0 spiro atoms. The first-order valence-electron chi connectivity index (χ1n) is 3.24. The summed E-state index contributed by atoms with van der Waals surface area (Å²) in [5.41, 5.74) is 0. The molecular formula is C6H9FN2O. The summed E-state index contributed by atoms with van der Waals surface area (Å²) in [7, 11) is 0. The van der Waals surface area contributed by atoms with Crippen LogP contribution in [0.25, 0.3) is 0 Å². The van der Waals surface area contributed by atoms with Gasteiger partial charge in [-0.05, 0) is 6.42 Å². The molecule has 56 valence electrons. The van der Waals surface area contributed by atoms with Crippen LogP contribution in [0.1, 0.15) is 25.1 Å². The first kappa shape index (κ1) is 7.18. The highest BCUT2D eigenvalue weighted by atomic mass is 19.1. The SMILES string of the molecule is CCCc1nnc(CF)o1. The van der Waals surface area contributed by atoms with E-state index in [4.69, 9.17) is 4.42 Å². The van der Waals surface area contributed by atoms with Crippen molar-refractivity contribution >= 4 is 0 Å². The van der Waals surface area contributed by atoms with Crippen molar-refractivity contribution in [1.29, 1.82) is 0 Å². The highest BCUT2D eigenvalue weighted by Gasteiger charge is 2.02. The molecule has 0 aliphatic carbocycles. The van der Waals surface area contributed by atoms with Gasteiger partial charge in [0.15, 0.2) is 6.67 Å². The minimum atomic E-state index is -0.670. The van der Waals surface area contributed by atoms with Crippen LogP contribution in [0.3, 0.4) is 0 Å². The number of nitrogens with zero attached hydrogens (tertiary/aromatic N) is 2. The Bertz CT molecular complexity index is 199. The molecule has 3 nitrogen and oxygen atoms in total.